The highest BCUT2D eigenvalue weighted by Crippen LogP contribution is 2.18. The van der Waals surface area contributed by atoms with Crippen LogP contribution < -0.4 is 0 Å². The lowest BCUT2D eigenvalue weighted by molar-refractivity contribution is 0.628. The molecule has 3 nitrogen and oxygen atoms in total. The van der Waals surface area contributed by atoms with Crippen LogP contribution >= 0.6 is 23.4 Å². The van der Waals surface area contributed by atoms with Gasteiger partial charge in [0.2, 0.25) is 0 Å². The molecule has 0 bridgehead atoms. The summed E-state index contributed by atoms with van der Waals surface area (Å²) >= 11 is 7.75. The van der Waals surface area contributed by atoms with Crippen LogP contribution in [0.25, 0.3) is 11.0 Å². The van der Waals surface area contributed by atoms with Gasteiger partial charge in [-0.1, -0.05) is 6.92 Å². The van der Waals surface area contributed by atoms with Crippen molar-refractivity contribution in [3.8, 4) is 0 Å². The number of halogens is 1. The quantitative estimate of drug-likeness (QED) is 0.762. The minimum Gasteiger partial charge on any atom is -0.328 e. The van der Waals surface area contributed by atoms with Gasteiger partial charge < -0.3 is 4.57 Å². The minimum absolute atomic E-state index is 0.606. The Morgan fingerprint density at radius 3 is 3.06 bits per heavy atom. The fourth-order valence-corrected chi connectivity index (χ4v) is 2.50. The van der Waals surface area contributed by atoms with Gasteiger partial charge in [-0.05, 0) is 18.7 Å². The first-order valence-corrected chi connectivity index (χ1v) is 7.96. The summed E-state index contributed by atoms with van der Waals surface area (Å²) in [5.41, 5.74) is 2.13. The first-order valence-electron chi connectivity index (χ1n) is 6.14. The van der Waals surface area contributed by atoms with Crippen molar-refractivity contribution >= 4 is 34.4 Å². The van der Waals surface area contributed by atoms with E-state index in [2.05, 4.69) is 27.7 Å². The number of pyridine rings is 1. The summed E-state index contributed by atoms with van der Waals surface area (Å²) in [6, 6.07) is 2.03. The molecule has 0 spiro atoms. The summed E-state index contributed by atoms with van der Waals surface area (Å²) in [6.45, 7) is 3.25. The second kappa shape index (κ2) is 6.43. The van der Waals surface area contributed by atoms with Crippen LogP contribution in [-0.2, 0) is 13.0 Å². The highest BCUT2D eigenvalue weighted by Gasteiger charge is 2.11. The number of thioether (sulfide) groups is 1. The van der Waals surface area contributed by atoms with Crippen LogP contribution in [0.1, 0.15) is 19.2 Å². The molecule has 0 aliphatic heterocycles. The van der Waals surface area contributed by atoms with Gasteiger partial charge in [-0.15, -0.1) is 11.6 Å². The monoisotopic (exact) mass is 283 g/mol. The van der Waals surface area contributed by atoms with Crippen molar-refractivity contribution in [2.24, 2.45) is 0 Å². The Bertz CT molecular complexity index is 512. The standard InChI is InChI=1S/C13H18ClN3S/c1-10(18-2)5-8-17-12-4-7-15-9-11(12)16-13(17)3-6-14/h4,7,9-10H,3,5-6,8H2,1-2H3. The Hall–Kier alpha value is -0.740. The largest absolute Gasteiger partial charge is 0.328 e. The zero-order chi connectivity index (χ0) is 13.0. The molecule has 0 saturated heterocycles. The van der Waals surface area contributed by atoms with Gasteiger partial charge in [0, 0.05) is 30.3 Å². The minimum atomic E-state index is 0.606. The number of aromatic nitrogens is 3. The number of rotatable bonds is 6. The lowest BCUT2D eigenvalue weighted by Gasteiger charge is -2.11. The Morgan fingerprint density at radius 2 is 2.33 bits per heavy atom. The molecule has 2 aromatic heterocycles. The van der Waals surface area contributed by atoms with Gasteiger partial charge in [0.15, 0.2) is 0 Å². The zero-order valence-corrected chi connectivity index (χ0v) is 12.3. The van der Waals surface area contributed by atoms with Gasteiger partial charge in [0.05, 0.1) is 11.7 Å². The highest BCUT2D eigenvalue weighted by atomic mass is 35.5. The molecule has 0 fully saturated rings. The molecule has 2 rings (SSSR count). The van der Waals surface area contributed by atoms with Crippen molar-refractivity contribution in [3.63, 3.8) is 0 Å². The van der Waals surface area contributed by atoms with E-state index >= 15 is 0 Å². The number of imidazole rings is 1. The van der Waals surface area contributed by atoms with E-state index in [4.69, 9.17) is 11.6 Å². The smallest absolute Gasteiger partial charge is 0.111 e. The molecule has 5 heteroatoms. The summed E-state index contributed by atoms with van der Waals surface area (Å²) in [4.78, 5) is 8.74. The van der Waals surface area contributed by atoms with Gasteiger partial charge in [-0.2, -0.15) is 11.8 Å². The number of hydrogen-bond donors (Lipinski definition) is 0. The summed E-state index contributed by atoms with van der Waals surface area (Å²) in [5.74, 6) is 1.68. The Balaban J connectivity index is 2.29. The normalized spacial score (nSPS) is 13.1. The second-order valence-corrected chi connectivity index (χ2v) is 5.97. The van der Waals surface area contributed by atoms with E-state index in [0.29, 0.717) is 11.1 Å². The molecule has 0 radical (unpaired) electrons. The fourth-order valence-electron chi connectivity index (χ4n) is 1.99. The van der Waals surface area contributed by atoms with Crippen molar-refractivity contribution in [3.05, 3.63) is 24.3 Å². The van der Waals surface area contributed by atoms with E-state index in [-0.39, 0.29) is 0 Å². The third kappa shape index (κ3) is 2.98. The lowest BCUT2D eigenvalue weighted by atomic mass is 10.3. The second-order valence-electron chi connectivity index (χ2n) is 4.32. The van der Waals surface area contributed by atoms with Crippen LogP contribution in [0, 0.1) is 0 Å². The van der Waals surface area contributed by atoms with Crippen molar-refractivity contribution in [2.75, 3.05) is 12.1 Å². The molecule has 0 aliphatic carbocycles. The third-order valence-corrected chi connectivity index (χ3v) is 4.34. The fraction of sp³-hybridized carbons (Fsp3) is 0.538. The van der Waals surface area contributed by atoms with Gasteiger partial charge in [0.1, 0.15) is 11.3 Å². The van der Waals surface area contributed by atoms with E-state index in [1.54, 1.807) is 0 Å². The number of nitrogens with zero attached hydrogens (tertiary/aromatic N) is 3. The van der Waals surface area contributed by atoms with Gasteiger partial charge in [0.25, 0.3) is 0 Å². The summed E-state index contributed by atoms with van der Waals surface area (Å²) in [5, 5.41) is 0.660. The molecular formula is C13H18ClN3S. The number of hydrogen-bond acceptors (Lipinski definition) is 3. The SMILES string of the molecule is CSC(C)CCn1c(CCCl)nc2cnccc21. The van der Waals surface area contributed by atoms with E-state index in [0.717, 1.165) is 30.7 Å². The number of alkyl halides is 1. The van der Waals surface area contributed by atoms with Crippen LogP contribution in [0.5, 0.6) is 0 Å². The molecule has 2 heterocycles. The first kappa shape index (κ1) is 13.7. The van der Waals surface area contributed by atoms with E-state index < -0.39 is 0 Å². The molecule has 1 atom stereocenters. The molecule has 2 aromatic rings. The van der Waals surface area contributed by atoms with Crippen molar-refractivity contribution in [2.45, 2.75) is 31.6 Å². The average Bonchev–Trinajstić information content (AvgIpc) is 2.74. The van der Waals surface area contributed by atoms with Gasteiger partial charge in [-0.3, -0.25) is 4.98 Å². The Labute approximate surface area is 117 Å². The number of fused-ring (bicyclic) bond motifs is 1. The van der Waals surface area contributed by atoms with Gasteiger partial charge >= 0.3 is 0 Å². The van der Waals surface area contributed by atoms with Crippen molar-refractivity contribution in [1.29, 1.82) is 0 Å². The maximum Gasteiger partial charge on any atom is 0.111 e. The van der Waals surface area contributed by atoms with Gasteiger partial charge in [-0.25, -0.2) is 4.98 Å². The number of aryl methyl sites for hydroxylation is 2. The van der Waals surface area contributed by atoms with Crippen LogP contribution in [0.3, 0.4) is 0 Å². The van der Waals surface area contributed by atoms with Crippen molar-refractivity contribution < 1.29 is 0 Å². The van der Waals surface area contributed by atoms with Crippen LogP contribution in [0.4, 0.5) is 0 Å². The van der Waals surface area contributed by atoms with Crippen LogP contribution in [0.15, 0.2) is 18.5 Å². The summed E-state index contributed by atoms with van der Waals surface area (Å²) in [6.07, 6.45) is 7.75. The molecule has 18 heavy (non-hydrogen) atoms. The van der Waals surface area contributed by atoms with E-state index in [1.807, 2.05) is 30.2 Å². The van der Waals surface area contributed by atoms with Crippen molar-refractivity contribution in [1.82, 2.24) is 14.5 Å². The summed E-state index contributed by atoms with van der Waals surface area (Å²) in [7, 11) is 0. The Kier molecular flexibility index (Phi) is 4.89. The maximum atomic E-state index is 5.85. The molecule has 0 saturated carbocycles. The lowest BCUT2D eigenvalue weighted by Crippen LogP contribution is -2.08. The molecule has 1 unspecified atom stereocenters. The molecule has 0 aromatic carbocycles. The van der Waals surface area contributed by atoms with E-state index in [9.17, 15) is 0 Å². The molecule has 0 N–H and O–H groups in total. The van der Waals surface area contributed by atoms with Crippen LogP contribution in [-0.4, -0.2) is 31.9 Å². The predicted octanol–water partition coefficient (Wildman–Crippen LogP) is 3.35. The predicted molar refractivity (Wildman–Crippen MR) is 79.5 cm³/mol. The summed E-state index contributed by atoms with van der Waals surface area (Å²) < 4.78 is 2.28. The topological polar surface area (TPSA) is 30.7 Å². The maximum absolute atomic E-state index is 5.85. The first-order chi connectivity index (χ1) is 8.76. The molecule has 98 valence electrons. The van der Waals surface area contributed by atoms with Crippen LogP contribution in [0.2, 0.25) is 0 Å². The third-order valence-electron chi connectivity index (χ3n) is 3.11. The average molecular weight is 284 g/mol. The molecule has 0 amide bonds. The zero-order valence-electron chi connectivity index (χ0n) is 10.8. The Morgan fingerprint density at radius 1 is 1.50 bits per heavy atom. The van der Waals surface area contributed by atoms with E-state index in [1.165, 1.54) is 5.52 Å². The molecule has 0 aliphatic rings. The highest BCUT2D eigenvalue weighted by molar-refractivity contribution is 7.99. The molecular weight excluding hydrogens is 266 g/mol.